The summed E-state index contributed by atoms with van der Waals surface area (Å²) in [6.07, 6.45) is 2.12. The van der Waals surface area contributed by atoms with E-state index in [1.54, 1.807) is 6.07 Å². The number of hydrogen-bond donors (Lipinski definition) is 0. The summed E-state index contributed by atoms with van der Waals surface area (Å²) in [5.74, 6) is 1.62. The predicted molar refractivity (Wildman–Crippen MR) is 113 cm³/mol. The van der Waals surface area contributed by atoms with E-state index in [9.17, 15) is 4.79 Å². The Morgan fingerprint density at radius 1 is 0.967 bits per heavy atom. The second-order valence-electron chi connectivity index (χ2n) is 6.82. The van der Waals surface area contributed by atoms with Crippen LogP contribution in [0.3, 0.4) is 0 Å². The van der Waals surface area contributed by atoms with Crippen molar-refractivity contribution in [2.24, 2.45) is 0 Å². The molecule has 4 rings (SSSR count). The molecule has 2 aromatic carbocycles. The molecule has 2 heterocycles. The van der Waals surface area contributed by atoms with Gasteiger partial charge in [0.2, 0.25) is 11.7 Å². The van der Waals surface area contributed by atoms with E-state index >= 15 is 0 Å². The summed E-state index contributed by atoms with van der Waals surface area (Å²) in [5, 5.41) is 8.45. The van der Waals surface area contributed by atoms with Crippen LogP contribution in [0.25, 0.3) is 22.6 Å². The normalized spacial score (nSPS) is 10.8. The standard InChI is InChI=1S/C23H22N4O3/c1-2-3-15-29-19-11-9-17(10-12-19)20-13-14-22(28)27(25-20)16-21-24-23(26-30-21)18-7-5-4-6-8-18/h4-14H,2-3,15-16H2,1H3. The van der Waals surface area contributed by atoms with Crippen LogP contribution in [0.2, 0.25) is 0 Å². The lowest BCUT2D eigenvalue weighted by molar-refractivity contribution is 0.309. The van der Waals surface area contributed by atoms with Crippen LogP contribution in [-0.2, 0) is 6.54 Å². The molecular weight excluding hydrogens is 380 g/mol. The molecule has 0 aliphatic heterocycles. The highest BCUT2D eigenvalue weighted by Gasteiger charge is 2.11. The van der Waals surface area contributed by atoms with Crippen LogP contribution in [0.5, 0.6) is 5.75 Å². The highest BCUT2D eigenvalue weighted by Crippen LogP contribution is 2.20. The van der Waals surface area contributed by atoms with Crippen LogP contribution in [0, 0.1) is 0 Å². The van der Waals surface area contributed by atoms with Gasteiger partial charge < -0.3 is 9.26 Å². The summed E-state index contributed by atoms with van der Waals surface area (Å²) in [4.78, 5) is 16.6. The van der Waals surface area contributed by atoms with Crippen LogP contribution >= 0.6 is 0 Å². The highest BCUT2D eigenvalue weighted by atomic mass is 16.5. The van der Waals surface area contributed by atoms with Crippen molar-refractivity contribution >= 4 is 0 Å². The van der Waals surface area contributed by atoms with Crippen LogP contribution < -0.4 is 10.3 Å². The molecule has 0 fully saturated rings. The molecule has 0 unspecified atom stereocenters. The van der Waals surface area contributed by atoms with Gasteiger partial charge in [-0.2, -0.15) is 10.1 Å². The molecule has 30 heavy (non-hydrogen) atoms. The highest BCUT2D eigenvalue weighted by molar-refractivity contribution is 5.59. The third kappa shape index (κ3) is 4.63. The van der Waals surface area contributed by atoms with Crippen molar-refractivity contribution in [3.05, 3.63) is 83.0 Å². The Labute approximate surface area is 174 Å². The van der Waals surface area contributed by atoms with Gasteiger partial charge in [-0.25, -0.2) is 4.68 Å². The molecule has 0 saturated heterocycles. The van der Waals surface area contributed by atoms with E-state index in [1.165, 1.54) is 10.7 Å². The van der Waals surface area contributed by atoms with Gasteiger partial charge in [0.25, 0.3) is 5.56 Å². The number of rotatable bonds is 8. The van der Waals surface area contributed by atoms with Crippen molar-refractivity contribution in [1.29, 1.82) is 0 Å². The van der Waals surface area contributed by atoms with Gasteiger partial charge >= 0.3 is 0 Å². The zero-order valence-corrected chi connectivity index (χ0v) is 16.7. The summed E-state index contributed by atoms with van der Waals surface area (Å²) in [6.45, 7) is 2.93. The molecule has 0 bridgehead atoms. The first kappa shape index (κ1) is 19.6. The summed E-state index contributed by atoms with van der Waals surface area (Å²) in [5.41, 5.74) is 2.18. The smallest absolute Gasteiger partial charge is 0.267 e. The SMILES string of the molecule is CCCCOc1ccc(-c2ccc(=O)n(Cc3nc(-c4ccccc4)no3)n2)cc1. The van der Waals surface area contributed by atoms with E-state index in [2.05, 4.69) is 22.2 Å². The second kappa shape index (κ2) is 9.17. The molecule has 0 atom stereocenters. The predicted octanol–water partition coefficient (Wildman–Crippen LogP) is 4.19. The molecule has 7 nitrogen and oxygen atoms in total. The summed E-state index contributed by atoms with van der Waals surface area (Å²) < 4.78 is 12.3. The van der Waals surface area contributed by atoms with Crippen LogP contribution in [-0.4, -0.2) is 26.5 Å². The van der Waals surface area contributed by atoms with Crippen molar-refractivity contribution in [1.82, 2.24) is 19.9 Å². The van der Waals surface area contributed by atoms with E-state index in [0.29, 0.717) is 24.0 Å². The third-order valence-corrected chi connectivity index (χ3v) is 4.57. The first-order valence-electron chi connectivity index (χ1n) is 9.92. The molecule has 0 aliphatic carbocycles. The topological polar surface area (TPSA) is 83.0 Å². The summed E-state index contributed by atoms with van der Waals surface area (Å²) >= 11 is 0. The molecule has 0 saturated carbocycles. The van der Waals surface area contributed by atoms with Crippen LogP contribution in [0.1, 0.15) is 25.7 Å². The number of hydrogen-bond acceptors (Lipinski definition) is 6. The van der Waals surface area contributed by atoms with Crippen molar-refractivity contribution < 1.29 is 9.26 Å². The van der Waals surface area contributed by atoms with Gasteiger partial charge in [0.05, 0.1) is 12.3 Å². The van der Waals surface area contributed by atoms with Gasteiger partial charge in [-0.15, -0.1) is 0 Å². The van der Waals surface area contributed by atoms with Crippen LogP contribution in [0.4, 0.5) is 0 Å². The zero-order chi connectivity index (χ0) is 20.8. The second-order valence-corrected chi connectivity index (χ2v) is 6.82. The molecule has 0 N–H and O–H groups in total. The number of unbranched alkanes of at least 4 members (excludes halogenated alkanes) is 1. The average Bonchev–Trinajstić information content (AvgIpc) is 3.25. The molecule has 7 heteroatoms. The van der Waals surface area contributed by atoms with Gasteiger partial charge in [-0.05, 0) is 36.8 Å². The van der Waals surface area contributed by atoms with Gasteiger partial charge in [-0.1, -0.05) is 48.8 Å². The lowest BCUT2D eigenvalue weighted by Crippen LogP contribution is -2.23. The number of ether oxygens (including phenoxy) is 1. The molecule has 0 amide bonds. The lowest BCUT2D eigenvalue weighted by atomic mass is 10.1. The van der Waals surface area contributed by atoms with E-state index in [4.69, 9.17) is 9.26 Å². The van der Waals surface area contributed by atoms with Crippen molar-refractivity contribution in [3.63, 3.8) is 0 Å². The quantitative estimate of drug-likeness (QED) is 0.411. The van der Waals surface area contributed by atoms with Gasteiger partial charge in [0, 0.05) is 17.2 Å². The fourth-order valence-electron chi connectivity index (χ4n) is 2.92. The van der Waals surface area contributed by atoms with Crippen molar-refractivity contribution in [2.45, 2.75) is 26.3 Å². The van der Waals surface area contributed by atoms with Crippen molar-refractivity contribution in [2.75, 3.05) is 6.61 Å². The van der Waals surface area contributed by atoms with Crippen LogP contribution in [0.15, 0.2) is 76.0 Å². The van der Waals surface area contributed by atoms with Gasteiger partial charge in [0.15, 0.2) is 0 Å². The first-order valence-corrected chi connectivity index (χ1v) is 9.92. The molecule has 4 aromatic rings. The summed E-state index contributed by atoms with van der Waals surface area (Å²) in [6, 6.07) is 20.4. The Balaban J connectivity index is 1.51. The fraction of sp³-hybridized carbons (Fsp3) is 0.217. The minimum atomic E-state index is -0.238. The molecule has 0 radical (unpaired) electrons. The Bertz CT molecular complexity index is 1150. The Kier molecular flexibility index (Phi) is 5.98. The molecule has 0 spiro atoms. The van der Waals surface area contributed by atoms with E-state index in [-0.39, 0.29) is 12.1 Å². The van der Waals surface area contributed by atoms with Gasteiger partial charge in [0.1, 0.15) is 12.3 Å². The van der Waals surface area contributed by atoms with E-state index < -0.39 is 0 Å². The zero-order valence-electron chi connectivity index (χ0n) is 16.7. The maximum atomic E-state index is 12.3. The average molecular weight is 402 g/mol. The van der Waals surface area contributed by atoms with E-state index in [1.807, 2.05) is 54.6 Å². The fourth-order valence-corrected chi connectivity index (χ4v) is 2.92. The van der Waals surface area contributed by atoms with Gasteiger partial charge in [-0.3, -0.25) is 4.79 Å². The number of benzene rings is 2. The third-order valence-electron chi connectivity index (χ3n) is 4.57. The molecular formula is C23H22N4O3. The minimum Gasteiger partial charge on any atom is -0.494 e. The molecule has 0 aliphatic rings. The monoisotopic (exact) mass is 402 g/mol. The largest absolute Gasteiger partial charge is 0.494 e. The molecule has 2 aromatic heterocycles. The maximum Gasteiger partial charge on any atom is 0.267 e. The number of aromatic nitrogens is 4. The Hall–Kier alpha value is -3.74. The lowest BCUT2D eigenvalue weighted by Gasteiger charge is -2.07. The summed E-state index contributed by atoms with van der Waals surface area (Å²) in [7, 11) is 0. The minimum absolute atomic E-state index is 0.102. The molecule has 152 valence electrons. The van der Waals surface area contributed by atoms with Crippen molar-refractivity contribution in [3.8, 4) is 28.4 Å². The maximum absolute atomic E-state index is 12.3. The first-order chi connectivity index (χ1) is 14.7. The van der Waals surface area contributed by atoms with E-state index in [0.717, 1.165) is 29.7 Å². The number of nitrogens with zero attached hydrogens (tertiary/aromatic N) is 4. The Morgan fingerprint density at radius 3 is 2.53 bits per heavy atom. The Morgan fingerprint density at radius 2 is 1.77 bits per heavy atom.